The molecule has 1 aromatic rings. The van der Waals surface area contributed by atoms with Crippen LogP contribution in [0.1, 0.15) is 18.4 Å². The number of hydrogen-bond acceptors (Lipinski definition) is 4. The molecule has 1 unspecified atom stereocenters. The molecule has 1 saturated heterocycles. The van der Waals surface area contributed by atoms with Crippen LogP contribution in [0.2, 0.25) is 0 Å². The molecule has 1 aliphatic rings. The van der Waals surface area contributed by atoms with Gasteiger partial charge in [0.25, 0.3) is 0 Å². The molecule has 5 nitrogen and oxygen atoms in total. The number of nitrogens with zero attached hydrogens (tertiary/aromatic N) is 2. The topological polar surface area (TPSA) is 85.2 Å². The molecular weight excluding hydrogens is 216 g/mol. The predicted octanol–water partition coefficient (Wildman–Crippen LogP) is 0.674. The Hall–Kier alpha value is -1.78. The highest BCUT2D eigenvalue weighted by Gasteiger charge is 2.24. The molecule has 4 N–H and O–H groups in total. The second kappa shape index (κ2) is 4.61. The fraction of sp³-hybridized carbons (Fsp3) is 0.500. The van der Waals surface area contributed by atoms with Gasteiger partial charge >= 0.3 is 0 Å². The van der Waals surface area contributed by atoms with Crippen LogP contribution >= 0.6 is 0 Å². The van der Waals surface area contributed by atoms with Gasteiger partial charge in [0.2, 0.25) is 5.91 Å². The lowest BCUT2D eigenvalue weighted by Crippen LogP contribution is -2.41. The highest BCUT2D eigenvalue weighted by molar-refractivity contribution is 5.77. The summed E-state index contributed by atoms with van der Waals surface area (Å²) in [7, 11) is 0. The number of rotatable bonds is 2. The van der Waals surface area contributed by atoms with Gasteiger partial charge in [0.05, 0.1) is 5.92 Å². The fourth-order valence-electron chi connectivity index (χ4n) is 2.12. The van der Waals surface area contributed by atoms with Gasteiger partial charge in [-0.05, 0) is 25.3 Å². The van der Waals surface area contributed by atoms with Crippen molar-refractivity contribution in [2.24, 2.45) is 11.7 Å². The lowest BCUT2D eigenvalue weighted by atomic mass is 9.97. The third-order valence-electron chi connectivity index (χ3n) is 3.28. The molecule has 1 fully saturated rings. The number of aryl methyl sites for hydroxylation is 1. The van der Waals surface area contributed by atoms with E-state index in [4.69, 9.17) is 11.5 Å². The molecule has 0 aliphatic carbocycles. The van der Waals surface area contributed by atoms with E-state index in [9.17, 15) is 4.79 Å². The van der Waals surface area contributed by atoms with Gasteiger partial charge in [-0.25, -0.2) is 4.98 Å². The smallest absolute Gasteiger partial charge is 0.222 e. The Labute approximate surface area is 101 Å². The maximum Gasteiger partial charge on any atom is 0.222 e. The van der Waals surface area contributed by atoms with Crippen LogP contribution in [0.5, 0.6) is 0 Å². The van der Waals surface area contributed by atoms with Crippen LogP contribution in [0, 0.1) is 12.8 Å². The molecule has 0 spiro atoms. The predicted molar refractivity (Wildman–Crippen MR) is 67.5 cm³/mol. The minimum absolute atomic E-state index is 0.0759. The summed E-state index contributed by atoms with van der Waals surface area (Å²) in [6.45, 7) is 3.47. The van der Waals surface area contributed by atoms with Gasteiger partial charge in [-0.3, -0.25) is 4.79 Å². The monoisotopic (exact) mass is 234 g/mol. The van der Waals surface area contributed by atoms with Crippen molar-refractivity contribution in [1.29, 1.82) is 0 Å². The van der Waals surface area contributed by atoms with Gasteiger partial charge in [-0.1, -0.05) is 0 Å². The number of nitrogens with two attached hydrogens (primary N) is 2. The van der Waals surface area contributed by atoms with E-state index in [2.05, 4.69) is 9.88 Å². The highest BCUT2D eigenvalue weighted by atomic mass is 16.1. The van der Waals surface area contributed by atoms with Crippen molar-refractivity contribution in [3.63, 3.8) is 0 Å². The number of hydrogen-bond donors (Lipinski definition) is 2. The first-order valence-electron chi connectivity index (χ1n) is 5.84. The van der Waals surface area contributed by atoms with Crippen LogP contribution in [0.15, 0.2) is 12.3 Å². The van der Waals surface area contributed by atoms with Crippen molar-refractivity contribution in [3.8, 4) is 0 Å². The van der Waals surface area contributed by atoms with Crippen LogP contribution in [0.3, 0.4) is 0 Å². The maximum absolute atomic E-state index is 11.2. The van der Waals surface area contributed by atoms with Crippen LogP contribution in [0.25, 0.3) is 0 Å². The van der Waals surface area contributed by atoms with Crippen molar-refractivity contribution in [3.05, 3.63) is 17.8 Å². The lowest BCUT2D eigenvalue weighted by Gasteiger charge is -2.32. The molecule has 1 amide bonds. The molecule has 1 aliphatic heterocycles. The first-order chi connectivity index (χ1) is 8.08. The van der Waals surface area contributed by atoms with Gasteiger partial charge in [-0.2, -0.15) is 0 Å². The van der Waals surface area contributed by atoms with Gasteiger partial charge < -0.3 is 16.4 Å². The van der Waals surface area contributed by atoms with E-state index >= 15 is 0 Å². The fourth-order valence-corrected chi connectivity index (χ4v) is 2.12. The van der Waals surface area contributed by atoms with E-state index in [0.29, 0.717) is 6.54 Å². The number of carbonyl (C=O) groups excluding carboxylic acids is 1. The molecule has 2 rings (SSSR count). The summed E-state index contributed by atoms with van der Waals surface area (Å²) in [5.41, 5.74) is 12.9. The summed E-state index contributed by atoms with van der Waals surface area (Å²) in [5, 5.41) is 0. The summed E-state index contributed by atoms with van der Waals surface area (Å²) in [4.78, 5) is 17.6. The van der Waals surface area contributed by atoms with E-state index in [1.165, 1.54) is 0 Å². The normalized spacial score (nSPS) is 20.3. The Balaban J connectivity index is 2.16. The molecule has 2 heterocycles. The average Bonchev–Trinajstić information content (AvgIpc) is 2.33. The third kappa shape index (κ3) is 2.49. The minimum atomic E-state index is -0.227. The summed E-state index contributed by atoms with van der Waals surface area (Å²) >= 11 is 0. The largest absolute Gasteiger partial charge is 0.398 e. The number of nitrogen functional groups attached to an aromatic ring is 1. The molecule has 17 heavy (non-hydrogen) atoms. The number of pyridine rings is 1. The zero-order chi connectivity index (χ0) is 12.4. The summed E-state index contributed by atoms with van der Waals surface area (Å²) in [6, 6.07) is 1.86. The summed E-state index contributed by atoms with van der Waals surface area (Å²) in [6.07, 6.45) is 3.59. The minimum Gasteiger partial charge on any atom is -0.398 e. The van der Waals surface area contributed by atoms with Gasteiger partial charge in [0.15, 0.2) is 0 Å². The average molecular weight is 234 g/mol. The number of aromatic nitrogens is 1. The van der Waals surface area contributed by atoms with Crippen LogP contribution in [-0.4, -0.2) is 24.0 Å². The van der Waals surface area contributed by atoms with Gasteiger partial charge in [0.1, 0.15) is 5.82 Å². The molecule has 0 radical (unpaired) electrons. The molecule has 5 heteroatoms. The molecule has 1 atom stereocenters. The van der Waals surface area contributed by atoms with Crippen molar-refractivity contribution in [2.75, 3.05) is 23.7 Å². The van der Waals surface area contributed by atoms with Crippen LogP contribution < -0.4 is 16.4 Å². The first kappa shape index (κ1) is 11.7. The molecule has 0 bridgehead atoms. The Kier molecular flexibility index (Phi) is 3.17. The van der Waals surface area contributed by atoms with E-state index in [1.54, 1.807) is 6.20 Å². The Morgan fingerprint density at radius 1 is 1.59 bits per heavy atom. The standard InChI is InChI=1S/C12H18N4O/c1-8-6-15-11(5-10(8)13)16-4-2-3-9(7-16)12(14)17/h5-6,9H,2-4,7H2,1H3,(H2,13,15)(H2,14,17). The number of carbonyl (C=O) groups is 1. The highest BCUT2D eigenvalue weighted by Crippen LogP contribution is 2.23. The van der Waals surface area contributed by atoms with Gasteiger partial charge in [0, 0.05) is 31.0 Å². The van der Waals surface area contributed by atoms with E-state index in [-0.39, 0.29) is 11.8 Å². The third-order valence-corrected chi connectivity index (χ3v) is 3.28. The van der Waals surface area contributed by atoms with Gasteiger partial charge in [-0.15, -0.1) is 0 Å². The van der Waals surface area contributed by atoms with Crippen molar-refractivity contribution in [1.82, 2.24) is 4.98 Å². The molecule has 92 valence electrons. The second-order valence-electron chi connectivity index (χ2n) is 4.59. The summed E-state index contributed by atoms with van der Waals surface area (Å²) in [5.74, 6) is 0.530. The van der Waals surface area contributed by atoms with E-state index < -0.39 is 0 Å². The van der Waals surface area contributed by atoms with Crippen molar-refractivity contribution < 1.29 is 4.79 Å². The Morgan fingerprint density at radius 2 is 2.35 bits per heavy atom. The molecule has 0 aromatic carbocycles. The lowest BCUT2D eigenvalue weighted by molar-refractivity contribution is -0.122. The van der Waals surface area contributed by atoms with Crippen LogP contribution in [-0.2, 0) is 4.79 Å². The maximum atomic E-state index is 11.2. The summed E-state index contributed by atoms with van der Waals surface area (Å²) < 4.78 is 0. The zero-order valence-electron chi connectivity index (χ0n) is 10.0. The van der Waals surface area contributed by atoms with E-state index in [0.717, 1.165) is 36.5 Å². The van der Waals surface area contributed by atoms with Crippen molar-refractivity contribution >= 4 is 17.4 Å². The number of amides is 1. The Morgan fingerprint density at radius 3 is 3.00 bits per heavy atom. The number of anilines is 2. The quantitative estimate of drug-likeness (QED) is 0.787. The van der Waals surface area contributed by atoms with E-state index in [1.807, 2.05) is 13.0 Å². The zero-order valence-corrected chi connectivity index (χ0v) is 10.0. The molecule has 1 aromatic heterocycles. The number of primary amides is 1. The number of piperidine rings is 1. The SMILES string of the molecule is Cc1cnc(N2CCCC(C(N)=O)C2)cc1N. The molecule has 0 saturated carbocycles. The Bertz CT molecular complexity index is 433. The van der Waals surface area contributed by atoms with Crippen LogP contribution in [0.4, 0.5) is 11.5 Å². The molecular formula is C12H18N4O. The first-order valence-corrected chi connectivity index (χ1v) is 5.84. The second-order valence-corrected chi connectivity index (χ2v) is 4.59. The van der Waals surface area contributed by atoms with Crippen molar-refractivity contribution in [2.45, 2.75) is 19.8 Å².